The number of hydrogen-bond acceptors (Lipinski definition) is 6. The van der Waals surface area contributed by atoms with Crippen LogP contribution in [0.4, 0.5) is 5.13 Å². The molecule has 0 saturated heterocycles. The fourth-order valence-electron chi connectivity index (χ4n) is 2.01. The molecule has 1 heterocycles. The highest BCUT2D eigenvalue weighted by Gasteiger charge is 2.18. The predicted octanol–water partition coefficient (Wildman–Crippen LogP) is 4.74. The Bertz CT molecular complexity index is 706. The first-order chi connectivity index (χ1) is 11.6. The van der Waals surface area contributed by atoms with Gasteiger partial charge >= 0.3 is 0 Å². The average molecular weight is 380 g/mol. The number of hydrogen-bond donors (Lipinski definition) is 1. The van der Waals surface area contributed by atoms with Crippen molar-refractivity contribution in [2.75, 3.05) is 5.32 Å². The Morgan fingerprint density at radius 1 is 1.16 bits per heavy atom. The highest BCUT2D eigenvalue weighted by molar-refractivity contribution is 8.01. The Morgan fingerprint density at radius 2 is 1.80 bits per heavy atom. The van der Waals surface area contributed by atoms with E-state index in [2.05, 4.69) is 50.1 Å². The number of rotatable bonds is 6. The molecule has 136 valence electrons. The molecule has 1 amide bonds. The first-order valence-electron chi connectivity index (χ1n) is 8.23. The zero-order valence-electron chi connectivity index (χ0n) is 15.5. The molecule has 2 aromatic rings. The molecule has 0 spiro atoms. The van der Waals surface area contributed by atoms with Gasteiger partial charge in [-0.3, -0.25) is 10.1 Å². The van der Waals surface area contributed by atoms with Crippen molar-refractivity contribution >= 4 is 34.1 Å². The lowest BCUT2D eigenvalue weighted by Gasteiger charge is -2.20. The van der Waals surface area contributed by atoms with Crippen molar-refractivity contribution < 1.29 is 9.53 Å². The van der Waals surface area contributed by atoms with E-state index in [1.807, 2.05) is 24.3 Å². The molecular formula is C18H25N3O2S2. The third kappa shape index (κ3) is 6.01. The van der Waals surface area contributed by atoms with Gasteiger partial charge in [0, 0.05) is 5.25 Å². The van der Waals surface area contributed by atoms with Gasteiger partial charge in [0.25, 0.3) is 5.91 Å². The van der Waals surface area contributed by atoms with Gasteiger partial charge in [0.1, 0.15) is 5.75 Å². The number of benzene rings is 1. The maximum absolute atomic E-state index is 12.3. The molecule has 2 rings (SSSR count). The van der Waals surface area contributed by atoms with E-state index >= 15 is 0 Å². The Balaban J connectivity index is 1.92. The third-order valence-corrected chi connectivity index (χ3v) is 5.30. The molecule has 0 bridgehead atoms. The Morgan fingerprint density at radius 3 is 2.36 bits per heavy atom. The van der Waals surface area contributed by atoms with Crippen molar-refractivity contribution in [2.45, 2.75) is 62.7 Å². The van der Waals surface area contributed by atoms with Crippen LogP contribution in [0, 0.1) is 0 Å². The first kappa shape index (κ1) is 19.7. The maximum atomic E-state index is 12.3. The molecule has 7 heteroatoms. The highest BCUT2D eigenvalue weighted by Crippen LogP contribution is 2.29. The number of carbonyl (C=O) groups is 1. The number of nitrogens with zero attached hydrogens (tertiary/aromatic N) is 2. The summed E-state index contributed by atoms with van der Waals surface area (Å²) in [5.41, 5.74) is 1.31. The third-order valence-electron chi connectivity index (χ3n) is 3.38. The Labute approximate surface area is 157 Å². The van der Waals surface area contributed by atoms with Crippen molar-refractivity contribution in [3.63, 3.8) is 0 Å². The minimum Gasteiger partial charge on any atom is -0.481 e. The van der Waals surface area contributed by atoms with Crippen molar-refractivity contribution in [3.8, 4) is 5.75 Å². The molecule has 0 saturated carbocycles. The van der Waals surface area contributed by atoms with Gasteiger partial charge in [-0.1, -0.05) is 69.9 Å². The molecule has 0 unspecified atom stereocenters. The fourth-order valence-corrected chi connectivity index (χ4v) is 3.99. The molecule has 1 atom stereocenters. The van der Waals surface area contributed by atoms with Gasteiger partial charge in [-0.2, -0.15) is 0 Å². The van der Waals surface area contributed by atoms with E-state index in [9.17, 15) is 4.79 Å². The standard InChI is InChI=1S/C18H25N3O2S2/c1-11(2)24-17-21-20-16(25-17)19-15(22)12(3)23-14-9-7-13(8-10-14)18(4,5)6/h7-12H,1-6H3,(H,19,20,22)/t12-/m1/s1. The number of thioether (sulfide) groups is 1. The molecule has 0 radical (unpaired) electrons. The second kappa shape index (κ2) is 8.19. The van der Waals surface area contributed by atoms with E-state index in [1.54, 1.807) is 18.7 Å². The van der Waals surface area contributed by atoms with E-state index in [-0.39, 0.29) is 11.3 Å². The summed E-state index contributed by atoms with van der Waals surface area (Å²) in [5, 5.41) is 11.7. The summed E-state index contributed by atoms with van der Waals surface area (Å²) in [4.78, 5) is 12.3. The first-order valence-corrected chi connectivity index (χ1v) is 9.93. The minimum absolute atomic E-state index is 0.0884. The van der Waals surface area contributed by atoms with Gasteiger partial charge in [0.2, 0.25) is 5.13 Å². The van der Waals surface area contributed by atoms with E-state index < -0.39 is 6.10 Å². The second-order valence-electron chi connectivity index (χ2n) is 7.06. The van der Waals surface area contributed by atoms with Crippen LogP contribution in [-0.2, 0) is 10.2 Å². The molecule has 1 aromatic heterocycles. The zero-order chi connectivity index (χ0) is 18.6. The lowest BCUT2D eigenvalue weighted by molar-refractivity contribution is -0.122. The van der Waals surface area contributed by atoms with Crippen LogP contribution in [0.2, 0.25) is 0 Å². The minimum atomic E-state index is -0.620. The van der Waals surface area contributed by atoms with Crippen LogP contribution in [0.1, 0.15) is 47.1 Å². The largest absolute Gasteiger partial charge is 0.481 e. The van der Waals surface area contributed by atoms with Crippen molar-refractivity contribution in [3.05, 3.63) is 29.8 Å². The van der Waals surface area contributed by atoms with Gasteiger partial charge in [0.05, 0.1) is 0 Å². The number of aromatic nitrogens is 2. The smallest absolute Gasteiger partial charge is 0.266 e. The van der Waals surface area contributed by atoms with Crippen molar-refractivity contribution in [1.82, 2.24) is 10.2 Å². The summed E-state index contributed by atoms with van der Waals surface area (Å²) in [6.45, 7) is 12.4. The quantitative estimate of drug-likeness (QED) is 0.580. The topological polar surface area (TPSA) is 64.1 Å². The summed E-state index contributed by atoms with van der Waals surface area (Å²) in [6.07, 6.45) is -0.620. The molecular weight excluding hydrogens is 354 g/mol. The Hall–Kier alpha value is -1.60. The number of amides is 1. The molecule has 0 aliphatic carbocycles. The molecule has 1 aromatic carbocycles. The van der Waals surface area contributed by atoms with Crippen molar-refractivity contribution in [2.24, 2.45) is 0 Å². The molecule has 5 nitrogen and oxygen atoms in total. The molecule has 0 aliphatic heterocycles. The lowest BCUT2D eigenvalue weighted by atomic mass is 9.87. The summed E-state index contributed by atoms with van der Waals surface area (Å²) in [7, 11) is 0. The van der Waals surface area contributed by atoms with Gasteiger partial charge < -0.3 is 4.74 Å². The zero-order valence-corrected chi connectivity index (χ0v) is 17.1. The number of carbonyl (C=O) groups excluding carboxylic acids is 1. The van der Waals surface area contributed by atoms with E-state index in [0.29, 0.717) is 16.1 Å². The van der Waals surface area contributed by atoms with Gasteiger partial charge in [-0.25, -0.2) is 0 Å². The van der Waals surface area contributed by atoms with Crippen LogP contribution < -0.4 is 10.1 Å². The van der Waals surface area contributed by atoms with Crippen molar-refractivity contribution in [1.29, 1.82) is 0 Å². The van der Waals surface area contributed by atoms with E-state index in [1.165, 1.54) is 16.9 Å². The number of ether oxygens (including phenoxy) is 1. The number of anilines is 1. The van der Waals surface area contributed by atoms with Crippen LogP contribution in [0.5, 0.6) is 5.75 Å². The fraction of sp³-hybridized carbons (Fsp3) is 0.500. The summed E-state index contributed by atoms with van der Waals surface area (Å²) < 4.78 is 6.57. The second-order valence-corrected chi connectivity index (χ2v) is 9.86. The molecule has 0 fully saturated rings. The SMILES string of the molecule is CC(C)Sc1nnc(NC(=O)[C@@H](C)Oc2ccc(C(C)(C)C)cc2)s1. The number of nitrogens with one attached hydrogen (secondary N) is 1. The molecule has 25 heavy (non-hydrogen) atoms. The van der Waals surface area contributed by atoms with Gasteiger partial charge in [0.15, 0.2) is 10.4 Å². The van der Waals surface area contributed by atoms with E-state index in [4.69, 9.17) is 4.74 Å². The van der Waals surface area contributed by atoms with Crippen LogP contribution in [-0.4, -0.2) is 27.5 Å². The maximum Gasteiger partial charge on any atom is 0.266 e. The van der Waals surface area contributed by atoms with Crippen LogP contribution >= 0.6 is 23.1 Å². The van der Waals surface area contributed by atoms with Crippen LogP contribution in [0.3, 0.4) is 0 Å². The lowest BCUT2D eigenvalue weighted by Crippen LogP contribution is -2.30. The van der Waals surface area contributed by atoms with Crippen LogP contribution in [0.25, 0.3) is 0 Å². The van der Waals surface area contributed by atoms with Gasteiger partial charge in [-0.15, -0.1) is 10.2 Å². The normalized spacial score (nSPS) is 12.9. The highest BCUT2D eigenvalue weighted by atomic mass is 32.2. The Kier molecular flexibility index (Phi) is 6.46. The summed E-state index contributed by atoms with van der Waals surface area (Å²) in [6, 6.07) is 7.85. The summed E-state index contributed by atoms with van der Waals surface area (Å²) in [5.74, 6) is 0.432. The molecule has 1 N–H and O–H groups in total. The monoisotopic (exact) mass is 379 g/mol. The van der Waals surface area contributed by atoms with Gasteiger partial charge in [-0.05, 0) is 30.0 Å². The van der Waals surface area contributed by atoms with E-state index in [0.717, 1.165) is 4.34 Å². The average Bonchev–Trinajstić information content (AvgIpc) is 2.93. The predicted molar refractivity (Wildman–Crippen MR) is 105 cm³/mol. The van der Waals surface area contributed by atoms with Crippen LogP contribution in [0.15, 0.2) is 28.6 Å². The molecule has 0 aliphatic rings. The summed E-state index contributed by atoms with van der Waals surface area (Å²) >= 11 is 2.99.